The first-order chi connectivity index (χ1) is 8.81. The predicted molar refractivity (Wildman–Crippen MR) is 81.8 cm³/mol. The van der Waals surface area contributed by atoms with Crippen LogP contribution in [0.25, 0.3) is 0 Å². The molecule has 0 aliphatic rings. The fraction of sp³-hybridized carbons (Fsp3) is 0.929. The van der Waals surface area contributed by atoms with Crippen LogP contribution >= 0.6 is 11.8 Å². The number of hydrogen-bond donors (Lipinski definition) is 3. The standard InChI is InChI=1S/C14H29NO3S/c1-11(2)15-14(4,13(17)18)8-5-6-10-19-12(3)7-9-16/h11-12,15-16H,5-10H2,1-4H3,(H,17,18). The third kappa shape index (κ3) is 8.50. The topological polar surface area (TPSA) is 69.6 Å². The first kappa shape index (κ1) is 18.7. The van der Waals surface area contributed by atoms with E-state index < -0.39 is 11.5 Å². The number of hydrogen-bond acceptors (Lipinski definition) is 4. The molecular formula is C14H29NO3S. The van der Waals surface area contributed by atoms with Gasteiger partial charge >= 0.3 is 5.97 Å². The second-order valence-corrected chi connectivity index (χ2v) is 7.13. The molecule has 3 N–H and O–H groups in total. The van der Waals surface area contributed by atoms with Crippen LogP contribution in [0.2, 0.25) is 0 Å². The minimum atomic E-state index is -0.824. The highest BCUT2D eigenvalue weighted by molar-refractivity contribution is 7.99. The van der Waals surface area contributed by atoms with Gasteiger partial charge in [-0.2, -0.15) is 11.8 Å². The van der Waals surface area contributed by atoms with Crippen LogP contribution in [-0.2, 0) is 4.79 Å². The lowest BCUT2D eigenvalue weighted by atomic mass is 9.94. The second kappa shape index (κ2) is 9.61. The number of aliphatic carboxylic acids is 1. The van der Waals surface area contributed by atoms with E-state index >= 15 is 0 Å². The number of carboxylic acids is 1. The van der Waals surface area contributed by atoms with E-state index in [9.17, 15) is 9.90 Å². The molecule has 5 heteroatoms. The summed E-state index contributed by atoms with van der Waals surface area (Å²) in [4.78, 5) is 11.3. The Balaban J connectivity index is 3.91. The molecule has 0 spiro atoms. The Morgan fingerprint density at radius 1 is 1.32 bits per heavy atom. The number of unbranched alkanes of at least 4 members (excludes halogenated alkanes) is 1. The van der Waals surface area contributed by atoms with E-state index in [-0.39, 0.29) is 12.6 Å². The van der Waals surface area contributed by atoms with Crippen molar-refractivity contribution < 1.29 is 15.0 Å². The molecule has 19 heavy (non-hydrogen) atoms. The molecule has 2 atom stereocenters. The molecule has 0 rings (SSSR count). The summed E-state index contributed by atoms with van der Waals surface area (Å²) in [5.74, 6) is 0.251. The molecule has 0 aliphatic carbocycles. The fourth-order valence-corrected chi connectivity index (χ4v) is 3.05. The summed E-state index contributed by atoms with van der Waals surface area (Å²) in [7, 11) is 0. The number of aliphatic hydroxyl groups is 1. The molecule has 0 aromatic carbocycles. The molecule has 0 amide bonds. The van der Waals surface area contributed by atoms with Crippen molar-refractivity contribution in [2.24, 2.45) is 0 Å². The molecule has 2 unspecified atom stereocenters. The predicted octanol–water partition coefficient (Wildman–Crippen LogP) is 2.50. The normalized spacial score (nSPS) is 16.3. The second-order valence-electron chi connectivity index (χ2n) is 5.59. The Morgan fingerprint density at radius 2 is 1.95 bits per heavy atom. The summed E-state index contributed by atoms with van der Waals surface area (Å²) >= 11 is 1.85. The van der Waals surface area contributed by atoms with Crippen molar-refractivity contribution in [2.45, 2.75) is 70.2 Å². The van der Waals surface area contributed by atoms with Crippen LogP contribution in [0.15, 0.2) is 0 Å². The van der Waals surface area contributed by atoms with Gasteiger partial charge in [0.25, 0.3) is 0 Å². The van der Waals surface area contributed by atoms with Gasteiger partial charge in [-0.25, -0.2) is 0 Å². The van der Waals surface area contributed by atoms with E-state index in [1.165, 1.54) is 0 Å². The van der Waals surface area contributed by atoms with Crippen molar-refractivity contribution in [3.8, 4) is 0 Å². The van der Waals surface area contributed by atoms with Crippen molar-refractivity contribution in [1.29, 1.82) is 0 Å². The summed E-state index contributed by atoms with van der Waals surface area (Å²) in [5.41, 5.74) is -0.824. The largest absolute Gasteiger partial charge is 0.480 e. The van der Waals surface area contributed by atoms with Crippen LogP contribution in [0.1, 0.15) is 53.4 Å². The summed E-state index contributed by atoms with van der Waals surface area (Å²) < 4.78 is 0. The zero-order chi connectivity index (χ0) is 14.9. The molecular weight excluding hydrogens is 262 g/mol. The van der Waals surface area contributed by atoms with Gasteiger partial charge in [0.1, 0.15) is 5.54 Å². The quantitative estimate of drug-likeness (QED) is 0.510. The zero-order valence-corrected chi connectivity index (χ0v) is 13.4. The number of carbonyl (C=O) groups is 1. The number of aliphatic hydroxyl groups excluding tert-OH is 1. The molecule has 0 bridgehead atoms. The molecule has 0 saturated heterocycles. The van der Waals surface area contributed by atoms with Gasteiger partial charge in [0.2, 0.25) is 0 Å². The van der Waals surface area contributed by atoms with Gasteiger partial charge < -0.3 is 10.2 Å². The maximum absolute atomic E-state index is 11.3. The molecule has 0 aromatic rings. The highest BCUT2D eigenvalue weighted by Gasteiger charge is 2.32. The van der Waals surface area contributed by atoms with Gasteiger partial charge in [0.15, 0.2) is 0 Å². The Kier molecular flexibility index (Phi) is 9.48. The first-order valence-electron chi connectivity index (χ1n) is 7.05. The van der Waals surface area contributed by atoms with Gasteiger partial charge in [-0.15, -0.1) is 0 Å². The molecule has 0 radical (unpaired) electrons. The lowest BCUT2D eigenvalue weighted by Crippen LogP contribution is -2.52. The van der Waals surface area contributed by atoms with Crippen molar-refractivity contribution in [2.75, 3.05) is 12.4 Å². The summed E-state index contributed by atoms with van der Waals surface area (Å²) in [6, 6.07) is 0.167. The number of nitrogens with one attached hydrogen (secondary N) is 1. The van der Waals surface area contributed by atoms with Gasteiger partial charge in [-0.3, -0.25) is 10.1 Å². The Bertz CT molecular complexity index is 261. The molecule has 0 aliphatic heterocycles. The molecule has 0 heterocycles. The van der Waals surface area contributed by atoms with E-state index in [4.69, 9.17) is 5.11 Å². The number of rotatable bonds is 11. The van der Waals surface area contributed by atoms with Gasteiger partial charge in [0, 0.05) is 17.9 Å². The first-order valence-corrected chi connectivity index (χ1v) is 8.10. The van der Waals surface area contributed by atoms with Crippen molar-refractivity contribution in [3.05, 3.63) is 0 Å². The molecule has 4 nitrogen and oxygen atoms in total. The third-order valence-electron chi connectivity index (χ3n) is 3.09. The van der Waals surface area contributed by atoms with E-state index in [1.54, 1.807) is 6.92 Å². The van der Waals surface area contributed by atoms with Gasteiger partial charge in [0.05, 0.1) is 0 Å². The summed E-state index contributed by atoms with van der Waals surface area (Å²) in [6.45, 7) is 8.05. The average molecular weight is 291 g/mol. The number of carboxylic acid groups (broad SMARTS) is 1. The Morgan fingerprint density at radius 3 is 2.42 bits per heavy atom. The van der Waals surface area contributed by atoms with E-state index in [2.05, 4.69) is 12.2 Å². The van der Waals surface area contributed by atoms with E-state index in [0.717, 1.165) is 25.0 Å². The van der Waals surface area contributed by atoms with E-state index in [1.807, 2.05) is 25.6 Å². The molecule has 0 saturated carbocycles. The summed E-state index contributed by atoms with van der Waals surface area (Å²) in [6.07, 6.45) is 3.40. The monoisotopic (exact) mass is 291 g/mol. The van der Waals surface area contributed by atoms with Gasteiger partial charge in [-0.1, -0.05) is 13.3 Å². The van der Waals surface area contributed by atoms with Crippen LogP contribution in [0.5, 0.6) is 0 Å². The minimum Gasteiger partial charge on any atom is -0.480 e. The van der Waals surface area contributed by atoms with Crippen LogP contribution < -0.4 is 5.32 Å². The van der Waals surface area contributed by atoms with Gasteiger partial charge in [-0.05, 0) is 45.8 Å². The lowest BCUT2D eigenvalue weighted by Gasteiger charge is -2.28. The average Bonchev–Trinajstić information content (AvgIpc) is 2.27. The zero-order valence-electron chi connectivity index (χ0n) is 12.6. The lowest BCUT2D eigenvalue weighted by molar-refractivity contribution is -0.144. The Labute approximate surface area is 121 Å². The third-order valence-corrected chi connectivity index (χ3v) is 4.42. The maximum atomic E-state index is 11.3. The van der Waals surface area contributed by atoms with Crippen molar-refractivity contribution in [3.63, 3.8) is 0 Å². The molecule has 0 aromatic heterocycles. The van der Waals surface area contributed by atoms with Crippen LogP contribution in [0, 0.1) is 0 Å². The Hall–Kier alpha value is -0.260. The summed E-state index contributed by atoms with van der Waals surface area (Å²) in [5, 5.41) is 21.7. The maximum Gasteiger partial charge on any atom is 0.323 e. The smallest absolute Gasteiger partial charge is 0.323 e. The van der Waals surface area contributed by atoms with E-state index in [0.29, 0.717) is 11.7 Å². The fourth-order valence-electron chi connectivity index (χ4n) is 2.01. The van der Waals surface area contributed by atoms with Crippen molar-refractivity contribution >= 4 is 17.7 Å². The molecule has 114 valence electrons. The minimum absolute atomic E-state index is 0.167. The van der Waals surface area contributed by atoms with Crippen LogP contribution in [0.4, 0.5) is 0 Å². The van der Waals surface area contributed by atoms with Crippen LogP contribution in [-0.4, -0.2) is 45.4 Å². The highest BCUT2D eigenvalue weighted by Crippen LogP contribution is 2.19. The molecule has 0 fully saturated rings. The highest BCUT2D eigenvalue weighted by atomic mass is 32.2. The SMILES string of the molecule is CC(C)NC(C)(CCCCSC(C)CCO)C(=O)O. The van der Waals surface area contributed by atoms with Crippen molar-refractivity contribution in [1.82, 2.24) is 5.32 Å². The van der Waals surface area contributed by atoms with Crippen LogP contribution in [0.3, 0.4) is 0 Å². The number of thioether (sulfide) groups is 1.